The molecule has 1 aromatic carbocycles. The molecule has 0 saturated heterocycles. The Hall–Kier alpha value is -1.44. The fourth-order valence-electron chi connectivity index (χ4n) is 2.65. The van der Waals surface area contributed by atoms with Gasteiger partial charge in [-0.25, -0.2) is 13.1 Å². The van der Waals surface area contributed by atoms with Crippen LogP contribution in [0.1, 0.15) is 25.8 Å². The molecule has 1 atom stereocenters. The van der Waals surface area contributed by atoms with Crippen LogP contribution in [0.2, 0.25) is 0 Å². The molecule has 1 heterocycles. The molecule has 0 radical (unpaired) electrons. The van der Waals surface area contributed by atoms with Gasteiger partial charge in [0.05, 0.1) is 4.90 Å². The summed E-state index contributed by atoms with van der Waals surface area (Å²) in [5.41, 5.74) is 7.05. The van der Waals surface area contributed by atoms with Crippen LogP contribution in [-0.2, 0) is 21.2 Å². The third-order valence-electron chi connectivity index (χ3n) is 3.59. The standard InChI is InChI=1S/C14H21N3O3S/c1-10-8-12-9-13(21(19,20)16-7-3-6-15)4-5-14(12)17(10)11(2)18/h4-5,9-10,16H,3,6-8,15H2,1-2H3. The van der Waals surface area contributed by atoms with Crippen molar-refractivity contribution in [1.82, 2.24) is 4.72 Å². The Kier molecular flexibility index (Phi) is 4.65. The lowest BCUT2D eigenvalue weighted by Crippen LogP contribution is -2.33. The van der Waals surface area contributed by atoms with Crippen LogP contribution >= 0.6 is 0 Å². The molecule has 0 saturated carbocycles. The predicted octanol–water partition coefficient (Wildman–Crippen LogP) is 0.611. The molecule has 3 N–H and O–H groups in total. The Morgan fingerprint density at radius 3 is 2.81 bits per heavy atom. The summed E-state index contributed by atoms with van der Waals surface area (Å²) in [5, 5.41) is 0. The van der Waals surface area contributed by atoms with Crippen LogP contribution in [0.25, 0.3) is 0 Å². The lowest BCUT2D eigenvalue weighted by atomic mass is 10.1. The smallest absolute Gasteiger partial charge is 0.240 e. The highest BCUT2D eigenvalue weighted by Crippen LogP contribution is 2.33. The number of benzene rings is 1. The van der Waals surface area contributed by atoms with Crippen molar-refractivity contribution in [2.24, 2.45) is 5.73 Å². The maximum absolute atomic E-state index is 12.2. The molecular formula is C14H21N3O3S. The lowest BCUT2D eigenvalue weighted by molar-refractivity contribution is -0.116. The quantitative estimate of drug-likeness (QED) is 0.779. The Morgan fingerprint density at radius 1 is 1.48 bits per heavy atom. The molecule has 2 rings (SSSR count). The fraction of sp³-hybridized carbons (Fsp3) is 0.500. The number of amides is 1. The SMILES string of the molecule is CC(=O)N1c2ccc(S(=O)(=O)NCCCN)cc2CC1C. The van der Waals surface area contributed by atoms with Crippen molar-refractivity contribution < 1.29 is 13.2 Å². The molecule has 0 spiro atoms. The second kappa shape index (κ2) is 6.13. The van der Waals surface area contributed by atoms with E-state index in [0.717, 1.165) is 11.3 Å². The van der Waals surface area contributed by atoms with E-state index in [1.165, 1.54) is 13.0 Å². The number of hydrogen-bond donors (Lipinski definition) is 2. The van der Waals surface area contributed by atoms with Gasteiger partial charge >= 0.3 is 0 Å². The molecule has 1 amide bonds. The average Bonchev–Trinajstić information content (AvgIpc) is 2.73. The Bertz CT molecular complexity index is 643. The lowest BCUT2D eigenvalue weighted by Gasteiger charge is -2.20. The molecule has 0 fully saturated rings. The molecule has 0 aliphatic carbocycles. The summed E-state index contributed by atoms with van der Waals surface area (Å²) in [6, 6.07) is 4.95. The summed E-state index contributed by atoms with van der Waals surface area (Å²) in [6.45, 7) is 4.24. The molecule has 116 valence electrons. The van der Waals surface area contributed by atoms with Crippen molar-refractivity contribution in [1.29, 1.82) is 0 Å². The zero-order valence-corrected chi connectivity index (χ0v) is 13.1. The van der Waals surface area contributed by atoms with Crippen molar-refractivity contribution in [3.63, 3.8) is 0 Å². The number of carbonyl (C=O) groups excluding carboxylic acids is 1. The normalized spacial score (nSPS) is 17.9. The van der Waals surface area contributed by atoms with Gasteiger partial charge in [-0.2, -0.15) is 0 Å². The molecule has 1 aromatic rings. The van der Waals surface area contributed by atoms with Gasteiger partial charge in [-0.1, -0.05) is 0 Å². The fourth-order valence-corrected chi connectivity index (χ4v) is 3.77. The maximum atomic E-state index is 12.2. The van der Waals surface area contributed by atoms with Gasteiger partial charge in [-0.3, -0.25) is 4.79 Å². The number of hydrogen-bond acceptors (Lipinski definition) is 4. The van der Waals surface area contributed by atoms with Gasteiger partial charge in [0.25, 0.3) is 0 Å². The van der Waals surface area contributed by atoms with Crippen LogP contribution in [0.3, 0.4) is 0 Å². The minimum Gasteiger partial charge on any atom is -0.330 e. The number of nitrogens with zero attached hydrogens (tertiary/aromatic N) is 1. The first-order valence-electron chi connectivity index (χ1n) is 6.99. The van der Waals surface area contributed by atoms with E-state index in [1.54, 1.807) is 17.0 Å². The van der Waals surface area contributed by atoms with Gasteiger partial charge in [-0.15, -0.1) is 0 Å². The first-order valence-corrected chi connectivity index (χ1v) is 8.47. The molecule has 6 nitrogen and oxygen atoms in total. The monoisotopic (exact) mass is 311 g/mol. The minimum absolute atomic E-state index is 0.0297. The maximum Gasteiger partial charge on any atom is 0.240 e. The summed E-state index contributed by atoms with van der Waals surface area (Å²) >= 11 is 0. The highest BCUT2D eigenvalue weighted by Gasteiger charge is 2.30. The van der Waals surface area contributed by atoms with E-state index in [9.17, 15) is 13.2 Å². The van der Waals surface area contributed by atoms with Crippen LogP contribution in [0, 0.1) is 0 Å². The molecule has 1 aliphatic rings. The number of fused-ring (bicyclic) bond motifs is 1. The van der Waals surface area contributed by atoms with Crippen molar-refractivity contribution >= 4 is 21.6 Å². The van der Waals surface area contributed by atoms with Gasteiger partial charge in [0.15, 0.2) is 0 Å². The third kappa shape index (κ3) is 3.25. The summed E-state index contributed by atoms with van der Waals surface area (Å²) in [4.78, 5) is 13.6. The van der Waals surface area contributed by atoms with Crippen LogP contribution in [-0.4, -0.2) is 33.5 Å². The van der Waals surface area contributed by atoms with E-state index in [2.05, 4.69) is 4.72 Å². The molecule has 21 heavy (non-hydrogen) atoms. The van der Waals surface area contributed by atoms with Crippen molar-refractivity contribution in [2.45, 2.75) is 37.6 Å². The number of sulfonamides is 1. The zero-order chi connectivity index (χ0) is 15.6. The second-order valence-corrected chi connectivity index (χ2v) is 7.04. The number of carbonyl (C=O) groups is 1. The van der Waals surface area contributed by atoms with E-state index in [0.29, 0.717) is 25.9 Å². The second-order valence-electron chi connectivity index (χ2n) is 5.27. The van der Waals surface area contributed by atoms with Crippen LogP contribution in [0.4, 0.5) is 5.69 Å². The van der Waals surface area contributed by atoms with Crippen molar-refractivity contribution in [3.05, 3.63) is 23.8 Å². The first kappa shape index (κ1) is 15.9. The summed E-state index contributed by atoms with van der Waals surface area (Å²) < 4.78 is 26.9. The molecule has 1 aliphatic heterocycles. The van der Waals surface area contributed by atoms with E-state index >= 15 is 0 Å². The Morgan fingerprint density at radius 2 is 2.19 bits per heavy atom. The molecular weight excluding hydrogens is 290 g/mol. The minimum atomic E-state index is -3.52. The van der Waals surface area contributed by atoms with E-state index in [4.69, 9.17) is 5.73 Å². The van der Waals surface area contributed by atoms with Gasteiger partial charge in [0, 0.05) is 25.2 Å². The average molecular weight is 311 g/mol. The van der Waals surface area contributed by atoms with Gasteiger partial charge < -0.3 is 10.6 Å². The topological polar surface area (TPSA) is 92.5 Å². The largest absolute Gasteiger partial charge is 0.330 e. The van der Waals surface area contributed by atoms with Crippen molar-refractivity contribution in [2.75, 3.05) is 18.0 Å². The van der Waals surface area contributed by atoms with Crippen LogP contribution in [0.5, 0.6) is 0 Å². The van der Waals surface area contributed by atoms with E-state index < -0.39 is 10.0 Å². The number of rotatable bonds is 5. The molecule has 0 bridgehead atoms. The number of nitrogens with one attached hydrogen (secondary N) is 1. The zero-order valence-electron chi connectivity index (χ0n) is 12.3. The molecule has 0 aromatic heterocycles. The predicted molar refractivity (Wildman–Crippen MR) is 81.6 cm³/mol. The summed E-state index contributed by atoms with van der Waals surface area (Å²) in [5.74, 6) is -0.0297. The molecule has 7 heteroatoms. The number of nitrogens with two attached hydrogens (primary N) is 1. The first-order chi connectivity index (χ1) is 9.86. The highest BCUT2D eigenvalue weighted by atomic mass is 32.2. The Labute approximate surface area is 125 Å². The summed E-state index contributed by atoms with van der Waals surface area (Å²) in [6.07, 6.45) is 1.26. The number of anilines is 1. The highest BCUT2D eigenvalue weighted by molar-refractivity contribution is 7.89. The van der Waals surface area contributed by atoms with E-state index in [1.807, 2.05) is 6.92 Å². The van der Waals surface area contributed by atoms with Gasteiger partial charge in [0.1, 0.15) is 0 Å². The van der Waals surface area contributed by atoms with Gasteiger partial charge in [0.2, 0.25) is 15.9 Å². The summed E-state index contributed by atoms with van der Waals surface area (Å²) in [7, 11) is -3.52. The van der Waals surface area contributed by atoms with E-state index in [-0.39, 0.29) is 16.8 Å². The third-order valence-corrected chi connectivity index (χ3v) is 5.05. The molecule has 1 unspecified atom stereocenters. The Balaban J connectivity index is 2.27. The van der Waals surface area contributed by atoms with Gasteiger partial charge in [-0.05, 0) is 50.1 Å². The van der Waals surface area contributed by atoms with Crippen molar-refractivity contribution in [3.8, 4) is 0 Å². The van der Waals surface area contributed by atoms with Crippen LogP contribution in [0.15, 0.2) is 23.1 Å². The van der Waals surface area contributed by atoms with Crippen LogP contribution < -0.4 is 15.4 Å².